The van der Waals surface area contributed by atoms with Crippen molar-refractivity contribution in [3.63, 3.8) is 0 Å². The minimum atomic E-state index is 0. The molecular weight excluding hydrogens is 305 g/mol. The Bertz CT molecular complexity index is 163. The van der Waals surface area contributed by atoms with Gasteiger partial charge in [-0.15, -0.1) is 24.0 Å². The fourth-order valence-electron chi connectivity index (χ4n) is 1.01. The minimum absolute atomic E-state index is 0. The van der Waals surface area contributed by atoms with Gasteiger partial charge >= 0.3 is 0 Å². The van der Waals surface area contributed by atoms with Crippen molar-refractivity contribution in [1.82, 2.24) is 10.2 Å². The van der Waals surface area contributed by atoms with Crippen LogP contribution in [0.2, 0.25) is 0 Å². The van der Waals surface area contributed by atoms with Crippen molar-refractivity contribution in [2.75, 3.05) is 40.4 Å². The van der Waals surface area contributed by atoms with Crippen LogP contribution < -0.4 is 5.32 Å². The molecule has 0 aromatic carbocycles. The molecule has 0 fully saturated rings. The molecule has 5 heteroatoms. The number of hydrogen-bond donors (Lipinski definition) is 1. The van der Waals surface area contributed by atoms with Crippen molar-refractivity contribution < 1.29 is 4.74 Å². The van der Waals surface area contributed by atoms with E-state index in [1.807, 2.05) is 25.9 Å². The average molecular weight is 329 g/mol. The van der Waals surface area contributed by atoms with Gasteiger partial charge < -0.3 is 15.0 Å². The topological polar surface area (TPSA) is 36.9 Å². The molecule has 15 heavy (non-hydrogen) atoms. The lowest BCUT2D eigenvalue weighted by molar-refractivity contribution is 0.146. The summed E-state index contributed by atoms with van der Waals surface area (Å²) in [6.45, 7) is 7.39. The molecule has 0 radical (unpaired) electrons. The van der Waals surface area contributed by atoms with E-state index < -0.39 is 0 Å². The molecule has 0 aliphatic heterocycles. The Morgan fingerprint density at radius 3 is 2.47 bits per heavy atom. The normalized spacial score (nSPS) is 10.8. The number of aliphatic imine (C=N–C) groups is 1. The monoisotopic (exact) mass is 329 g/mol. The van der Waals surface area contributed by atoms with Crippen molar-refractivity contribution in [2.24, 2.45) is 4.99 Å². The Hall–Kier alpha value is -0.0400. The van der Waals surface area contributed by atoms with Crippen LogP contribution in [0.5, 0.6) is 0 Å². The van der Waals surface area contributed by atoms with Gasteiger partial charge in [-0.1, -0.05) is 0 Å². The third-order valence-corrected chi connectivity index (χ3v) is 1.67. The highest BCUT2D eigenvalue weighted by atomic mass is 127. The predicted octanol–water partition coefficient (Wildman–Crippen LogP) is 1.56. The van der Waals surface area contributed by atoms with Crippen LogP contribution >= 0.6 is 24.0 Å². The fourth-order valence-corrected chi connectivity index (χ4v) is 1.01. The summed E-state index contributed by atoms with van der Waals surface area (Å²) in [6.07, 6.45) is 0.983. The summed E-state index contributed by atoms with van der Waals surface area (Å²) in [5.41, 5.74) is 0. The molecule has 0 rings (SSSR count). The first kappa shape index (κ1) is 17.4. The van der Waals surface area contributed by atoms with Crippen molar-refractivity contribution in [1.29, 1.82) is 0 Å². The standard InChI is InChI=1S/C10H23N3O.HI/c1-5-11-10(13(3)4)12-8-7-9-14-6-2;/h5-9H2,1-4H3,(H,11,12);1H. The number of nitrogens with one attached hydrogen (secondary N) is 1. The van der Waals surface area contributed by atoms with Crippen LogP contribution in [0.15, 0.2) is 4.99 Å². The molecule has 0 unspecified atom stereocenters. The van der Waals surface area contributed by atoms with Crippen LogP contribution in [-0.2, 0) is 4.74 Å². The lowest BCUT2D eigenvalue weighted by Crippen LogP contribution is -2.36. The van der Waals surface area contributed by atoms with Crippen LogP contribution in [0.1, 0.15) is 20.3 Å². The second-order valence-corrected chi connectivity index (χ2v) is 3.18. The van der Waals surface area contributed by atoms with E-state index in [-0.39, 0.29) is 24.0 Å². The molecule has 1 N–H and O–H groups in total. The van der Waals surface area contributed by atoms with Crippen LogP contribution in [0, 0.1) is 0 Å². The molecule has 0 atom stereocenters. The summed E-state index contributed by atoms with van der Waals surface area (Å²) < 4.78 is 5.23. The van der Waals surface area contributed by atoms with Gasteiger partial charge in [0.25, 0.3) is 0 Å². The summed E-state index contributed by atoms with van der Waals surface area (Å²) >= 11 is 0. The smallest absolute Gasteiger partial charge is 0.193 e. The third-order valence-electron chi connectivity index (χ3n) is 1.67. The van der Waals surface area contributed by atoms with Crippen LogP contribution in [0.25, 0.3) is 0 Å². The zero-order valence-electron chi connectivity index (χ0n) is 10.2. The van der Waals surface area contributed by atoms with Crippen LogP contribution in [0.3, 0.4) is 0 Å². The van der Waals surface area contributed by atoms with Crippen molar-refractivity contribution in [3.8, 4) is 0 Å². The molecule has 0 aliphatic carbocycles. The maximum atomic E-state index is 5.23. The molecule has 0 heterocycles. The highest BCUT2D eigenvalue weighted by molar-refractivity contribution is 14.0. The van der Waals surface area contributed by atoms with E-state index in [9.17, 15) is 0 Å². The Kier molecular flexibility index (Phi) is 13.9. The van der Waals surface area contributed by atoms with Gasteiger partial charge in [0.2, 0.25) is 0 Å². The molecule has 0 aromatic rings. The average Bonchev–Trinajstić information content (AvgIpc) is 2.15. The number of nitrogens with zero attached hydrogens (tertiary/aromatic N) is 2. The highest BCUT2D eigenvalue weighted by Gasteiger charge is 1.97. The zero-order chi connectivity index (χ0) is 10.8. The maximum absolute atomic E-state index is 5.23. The van der Waals surface area contributed by atoms with Crippen molar-refractivity contribution >= 4 is 29.9 Å². The second kappa shape index (κ2) is 12.0. The number of rotatable bonds is 6. The Balaban J connectivity index is 0. The highest BCUT2D eigenvalue weighted by Crippen LogP contribution is 1.87. The van der Waals surface area contributed by atoms with E-state index in [4.69, 9.17) is 4.74 Å². The molecule has 0 spiro atoms. The molecule has 0 bridgehead atoms. The molecule has 0 amide bonds. The van der Waals surface area contributed by atoms with Gasteiger partial charge in [0, 0.05) is 40.4 Å². The first-order valence-corrected chi connectivity index (χ1v) is 5.25. The van der Waals surface area contributed by atoms with Crippen molar-refractivity contribution in [3.05, 3.63) is 0 Å². The predicted molar refractivity (Wildman–Crippen MR) is 76.2 cm³/mol. The molecule has 0 saturated carbocycles. The van der Waals surface area contributed by atoms with Gasteiger partial charge in [-0.2, -0.15) is 0 Å². The summed E-state index contributed by atoms with van der Waals surface area (Å²) in [7, 11) is 3.98. The van der Waals surface area contributed by atoms with Gasteiger partial charge in [-0.3, -0.25) is 4.99 Å². The third kappa shape index (κ3) is 10.2. The van der Waals surface area contributed by atoms with Gasteiger partial charge in [0.05, 0.1) is 0 Å². The first-order chi connectivity index (χ1) is 6.72. The number of guanidine groups is 1. The van der Waals surface area contributed by atoms with Gasteiger partial charge in [-0.05, 0) is 20.3 Å². The molecule has 0 aliphatic rings. The van der Waals surface area contributed by atoms with E-state index in [0.717, 1.165) is 38.7 Å². The Morgan fingerprint density at radius 2 is 2.00 bits per heavy atom. The number of ether oxygens (including phenoxy) is 1. The second-order valence-electron chi connectivity index (χ2n) is 3.18. The first-order valence-electron chi connectivity index (χ1n) is 5.25. The molecule has 92 valence electrons. The van der Waals surface area contributed by atoms with Crippen molar-refractivity contribution in [2.45, 2.75) is 20.3 Å². The largest absolute Gasteiger partial charge is 0.382 e. The quantitative estimate of drug-likeness (QED) is 0.348. The molecule has 0 aromatic heterocycles. The Labute approximate surface area is 110 Å². The summed E-state index contributed by atoms with van der Waals surface area (Å²) in [4.78, 5) is 6.43. The Morgan fingerprint density at radius 1 is 1.33 bits per heavy atom. The number of halogens is 1. The summed E-state index contributed by atoms with van der Waals surface area (Å²) in [6, 6.07) is 0. The molecule has 4 nitrogen and oxygen atoms in total. The van der Waals surface area contributed by atoms with Gasteiger partial charge in [0.15, 0.2) is 5.96 Å². The lowest BCUT2D eigenvalue weighted by atomic mass is 10.4. The van der Waals surface area contributed by atoms with E-state index in [0.29, 0.717) is 0 Å². The van der Waals surface area contributed by atoms with Gasteiger partial charge in [-0.25, -0.2) is 0 Å². The molecular formula is C10H24IN3O. The van der Waals surface area contributed by atoms with Crippen LogP contribution in [0.4, 0.5) is 0 Å². The van der Waals surface area contributed by atoms with Crippen LogP contribution in [-0.4, -0.2) is 51.3 Å². The summed E-state index contributed by atoms with van der Waals surface area (Å²) in [5.74, 6) is 0.948. The van der Waals surface area contributed by atoms with E-state index in [1.165, 1.54) is 0 Å². The van der Waals surface area contributed by atoms with E-state index in [1.54, 1.807) is 0 Å². The van der Waals surface area contributed by atoms with E-state index >= 15 is 0 Å². The minimum Gasteiger partial charge on any atom is -0.382 e. The number of hydrogen-bond acceptors (Lipinski definition) is 2. The molecule has 0 saturated heterocycles. The fraction of sp³-hybridized carbons (Fsp3) is 0.900. The lowest BCUT2D eigenvalue weighted by Gasteiger charge is -2.16. The SMILES string of the molecule is CCNC(=NCCCOCC)N(C)C.I. The zero-order valence-corrected chi connectivity index (χ0v) is 12.6. The van der Waals surface area contributed by atoms with Gasteiger partial charge in [0.1, 0.15) is 0 Å². The maximum Gasteiger partial charge on any atom is 0.193 e. The van der Waals surface area contributed by atoms with E-state index in [2.05, 4.69) is 17.2 Å². The summed E-state index contributed by atoms with van der Waals surface area (Å²) in [5, 5.41) is 3.21.